The van der Waals surface area contributed by atoms with E-state index >= 15 is 0 Å². The minimum Gasteiger partial charge on any atom is -0.493 e. The van der Waals surface area contributed by atoms with Crippen molar-refractivity contribution in [2.75, 3.05) is 37.6 Å². The molecule has 0 aliphatic carbocycles. The zero-order valence-corrected chi connectivity index (χ0v) is 30.7. The third-order valence-electron chi connectivity index (χ3n) is 7.26. The monoisotopic (exact) mass is 837 g/mol. The molecule has 0 fully saturated rings. The molecular formula is C32H35AcClN2O8. The van der Waals surface area contributed by atoms with E-state index in [-0.39, 0.29) is 69.2 Å². The Morgan fingerprint density at radius 2 is 1.80 bits per heavy atom. The van der Waals surface area contributed by atoms with Crippen molar-refractivity contribution >= 4 is 40.8 Å². The number of nitrogens with zero attached hydrogens (tertiary/aromatic N) is 1. The van der Waals surface area contributed by atoms with Crippen LogP contribution in [0.15, 0.2) is 54.6 Å². The van der Waals surface area contributed by atoms with Crippen LogP contribution in [-0.4, -0.2) is 61.5 Å². The van der Waals surface area contributed by atoms with E-state index in [0.717, 1.165) is 0 Å². The molecule has 0 spiro atoms. The molecule has 12 heteroatoms. The number of anilines is 2. The van der Waals surface area contributed by atoms with Crippen LogP contribution in [0.4, 0.5) is 11.4 Å². The van der Waals surface area contributed by atoms with E-state index < -0.39 is 35.4 Å². The van der Waals surface area contributed by atoms with Crippen LogP contribution in [0.2, 0.25) is 5.02 Å². The fraction of sp³-hybridized carbons (Fsp3) is 0.344. The molecule has 0 saturated heterocycles. The molecule has 4 rings (SSSR count). The van der Waals surface area contributed by atoms with Gasteiger partial charge in [-0.2, -0.15) is 0 Å². The van der Waals surface area contributed by atoms with Gasteiger partial charge in [-0.05, 0) is 48.9 Å². The molecule has 3 aromatic rings. The predicted molar refractivity (Wildman–Crippen MR) is 162 cm³/mol. The van der Waals surface area contributed by atoms with Gasteiger partial charge in [-0.15, -0.1) is 0 Å². The number of methoxy groups -OCH3 is 2. The van der Waals surface area contributed by atoms with Gasteiger partial charge in [0.25, 0.3) is 5.91 Å². The second-order valence-corrected chi connectivity index (χ2v) is 11.6. The molecule has 44 heavy (non-hydrogen) atoms. The third kappa shape index (κ3) is 7.93. The van der Waals surface area contributed by atoms with Gasteiger partial charge >= 0.3 is 5.97 Å². The standard InChI is InChI=1S/C32H35ClN2O8.Ac/c1-18-9-10-19(31(39)40)13-23(18)34-27(37)15-26-30(38)35(16-32(2,3)17-36)24-12-11-20(33)14-22(24)28(43-26)21-7-6-8-25(41-4)29(21)42-5;/h6-14,26,28,36H,15-17H2,1-5H3,(H,34,37)(H,39,40);/t26-,28-;/m1./s1. The summed E-state index contributed by atoms with van der Waals surface area (Å²) in [5, 5.41) is 22.6. The Balaban J connectivity index is 0.00000529. The quantitative estimate of drug-likeness (QED) is 0.253. The van der Waals surface area contributed by atoms with Gasteiger partial charge in [0.1, 0.15) is 12.2 Å². The van der Waals surface area contributed by atoms with Crippen molar-refractivity contribution in [3.8, 4) is 11.5 Å². The van der Waals surface area contributed by atoms with Crippen LogP contribution in [0.1, 0.15) is 53.4 Å². The molecule has 231 valence electrons. The summed E-state index contributed by atoms with van der Waals surface area (Å²) in [6.07, 6.45) is -2.56. The Kier molecular flexibility index (Phi) is 12.3. The molecule has 0 unspecified atom stereocenters. The molecule has 2 atom stereocenters. The summed E-state index contributed by atoms with van der Waals surface area (Å²) < 4.78 is 17.7. The number of carbonyl (C=O) groups excluding carboxylic acids is 2. The summed E-state index contributed by atoms with van der Waals surface area (Å²) in [6.45, 7) is 5.31. The van der Waals surface area contributed by atoms with E-state index in [2.05, 4.69) is 5.32 Å². The fourth-order valence-electron chi connectivity index (χ4n) is 4.96. The average Bonchev–Trinajstić information content (AvgIpc) is 3.07. The average molecular weight is 838 g/mol. The van der Waals surface area contributed by atoms with E-state index in [0.29, 0.717) is 44.6 Å². The number of carbonyl (C=O) groups is 3. The predicted octanol–water partition coefficient (Wildman–Crippen LogP) is 5.23. The van der Waals surface area contributed by atoms with Crippen LogP contribution >= 0.6 is 11.6 Å². The first-order valence-corrected chi connectivity index (χ1v) is 14.0. The number of aliphatic hydroxyl groups is 1. The van der Waals surface area contributed by atoms with Crippen molar-refractivity contribution in [2.24, 2.45) is 5.41 Å². The zero-order valence-electron chi connectivity index (χ0n) is 25.2. The number of aliphatic hydroxyl groups excluding tert-OH is 1. The maximum atomic E-state index is 14.2. The number of nitrogens with one attached hydrogen (secondary N) is 1. The number of para-hydroxylation sites is 1. The summed E-state index contributed by atoms with van der Waals surface area (Å²) in [6, 6.07) is 14.8. The number of hydrogen-bond acceptors (Lipinski definition) is 7. The van der Waals surface area contributed by atoms with Gasteiger partial charge in [0, 0.05) is 90.2 Å². The van der Waals surface area contributed by atoms with Crippen molar-refractivity contribution in [3.63, 3.8) is 0 Å². The van der Waals surface area contributed by atoms with Crippen molar-refractivity contribution in [2.45, 2.75) is 39.4 Å². The summed E-state index contributed by atoms with van der Waals surface area (Å²) in [5.41, 5.74) is 1.91. The number of benzene rings is 3. The maximum absolute atomic E-state index is 14.2. The fourth-order valence-corrected chi connectivity index (χ4v) is 5.15. The largest absolute Gasteiger partial charge is 0.493 e. The van der Waals surface area contributed by atoms with E-state index in [9.17, 15) is 24.6 Å². The molecule has 0 saturated carbocycles. The van der Waals surface area contributed by atoms with Crippen LogP contribution in [0.3, 0.4) is 0 Å². The number of carboxylic acid groups (broad SMARTS) is 1. The Bertz CT molecular complexity index is 1550. The van der Waals surface area contributed by atoms with Gasteiger partial charge in [-0.3, -0.25) is 9.59 Å². The number of ether oxygens (including phenoxy) is 3. The van der Waals surface area contributed by atoms with E-state index in [4.69, 9.17) is 25.8 Å². The number of hydrogen-bond donors (Lipinski definition) is 3. The molecule has 0 aromatic heterocycles. The first kappa shape index (κ1) is 35.8. The van der Waals surface area contributed by atoms with Crippen LogP contribution < -0.4 is 19.7 Å². The number of amides is 2. The summed E-state index contributed by atoms with van der Waals surface area (Å²) >= 11 is 6.46. The second kappa shape index (κ2) is 15.1. The number of carboxylic acids is 1. The molecule has 3 aromatic carbocycles. The van der Waals surface area contributed by atoms with Gasteiger partial charge in [0.05, 0.1) is 26.2 Å². The Morgan fingerprint density at radius 1 is 1.07 bits per heavy atom. The Labute approximate surface area is 297 Å². The summed E-state index contributed by atoms with van der Waals surface area (Å²) in [7, 11) is 3.01. The van der Waals surface area contributed by atoms with Crippen molar-refractivity contribution in [1.29, 1.82) is 0 Å². The Morgan fingerprint density at radius 3 is 2.43 bits per heavy atom. The minimum absolute atomic E-state index is 0. The van der Waals surface area contributed by atoms with Crippen molar-refractivity contribution in [1.82, 2.24) is 0 Å². The third-order valence-corrected chi connectivity index (χ3v) is 7.50. The molecule has 1 aliphatic rings. The van der Waals surface area contributed by atoms with Crippen LogP contribution in [0, 0.1) is 56.4 Å². The van der Waals surface area contributed by atoms with Gasteiger partial charge < -0.3 is 34.6 Å². The molecule has 1 aliphatic heterocycles. The molecule has 2 amide bonds. The normalized spacial score (nSPS) is 16.3. The van der Waals surface area contributed by atoms with Crippen LogP contribution in [-0.2, 0) is 14.3 Å². The maximum Gasteiger partial charge on any atom is 0.335 e. The number of fused-ring (bicyclic) bond motifs is 1. The van der Waals surface area contributed by atoms with Crippen LogP contribution in [0.5, 0.6) is 11.5 Å². The van der Waals surface area contributed by atoms with Crippen molar-refractivity contribution in [3.05, 3.63) is 81.9 Å². The number of halogens is 1. The van der Waals surface area contributed by atoms with Gasteiger partial charge in [0.2, 0.25) is 5.91 Å². The minimum atomic E-state index is -1.27. The van der Waals surface area contributed by atoms with Gasteiger partial charge in [-0.1, -0.05) is 43.6 Å². The summed E-state index contributed by atoms with van der Waals surface area (Å²) in [5.74, 6) is -1.33. The summed E-state index contributed by atoms with van der Waals surface area (Å²) in [4.78, 5) is 40.6. The van der Waals surface area contributed by atoms with E-state index in [1.807, 2.05) is 13.8 Å². The number of aryl methyl sites for hydroxylation is 1. The van der Waals surface area contributed by atoms with Gasteiger partial charge in [-0.25, -0.2) is 4.79 Å². The topological polar surface area (TPSA) is 135 Å². The molecule has 10 nitrogen and oxygen atoms in total. The van der Waals surface area contributed by atoms with Crippen LogP contribution in [0.25, 0.3) is 0 Å². The molecule has 1 heterocycles. The zero-order chi connectivity index (χ0) is 31.5. The first-order chi connectivity index (χ1) is 20.4. The van der Waals surface area contributed by atoms with Gasteiger partial charge in [0.15, 0.2) is 11.5 Å². The molecule has 1 radical (unpaired) electrons. The van der Waals surface area contributed by atoms with E-state index in [1.165, 1.54) is 31.3 Å². The molecule has 0 bridgehead atoms. The Hall–Kier alpha value is -2.68. The number of rotatable bonds is 10. The second-order valence-electron chi connectivity index (χ2n) is 11.1. The van der Waals surface area contributed by atoms with E-state index in [1.54, 1.807) is 49.4 Å². The van der Waals surface area contributed by atoms with Crippen molar-refractivity contribution < 1.29 is 82.9 Å². The number of aromatic carboxylic acids is 1. The molecular weight excluding hydrogens is 803 g/mol. The first-order valence-electron chi connectivity index (χ1n) is 13.6. The SMILES string of the molecule is COc1cccc([C@H]2O[C@H](CC(=O)Nc3cc(C(=O)O)ccc3C)C(=O)N(CC(C)(C)CO)c3ccc(Cl)cc32)c1OC.[Ac]. The molecule has 3 N–H and O–H groups in total. The smallest absolute Gasteiger partial charge is 0.335 e.